The summed E-state index contributed by atoms with van der Waals surface area (Å²) in [6.07, 6.45) is 3.21. The van der Waals surface area contributed by atoms with E-state index < -0.39 is 0 Å². The van der Waals surface area contributed by atoms with Gasteiger partial charge in [-0.15, -0.1) is 11.6 Å². The van der Waals surface area contributed by atoms with Crippen LogP contribution in [-0.2, 0) is 12.5 Å². The first kappa shape index (κ1) is 13.5. The van der Waals surface area contributed by atoms with E-state index in [0.29, 0.717) is 17.6 Å². The van der Waals surface area contributed by atoms with Crippen molar-refractivity contribution in [1.82, 2.24) is 19.9 Å². The van der Waals surface area contributed by atoms with Crippen LogP contribution in [0, 0.1) is 6.92 Å². The summed E-state index contributed by atoms with van der Waals surface area (Å²) in [6.45, 7) is 2.02. The third-order valence-corrected chi connectivity index (χ3v) is 2.69. The Hall–Kier alpha value is -1.95. The van der Waals surface area contributed by atoms with Crippen LogP contribution in [0.2, 0.25) is 0 Å². The normalized spacial score (nSPS) is 10.3. The topological polar surface area (TPSA) is 70.0 Å². The maximum absolute atomic E-state index is 5.83. The van der Waals surface area contributed by atoms with E-state index in [9.17, 15) is 0 Å². The van der Waals surface area contributed by atoms with E-state index in [2.05, 4.69) is 19.9 Å². The Bertz CT molecular complexity index is 551. The van der Waals surface area contributed by atoms with Gasteiger partial charge in [-0.05, 0) is 13.0 Å². The molecule has 2 rings (SSSR count). The Morgan fingerprint density at radius 1 is 1.21 bits per heavy atom. The van der Waals surface area contributed by atoms with E-state index in [1.165, 1.54) is 0 Å². The van der Waals surface area contributed by atoms with Crippen LogP contribution in [0.1, 0.15) is 17.1 Å². The number of ether oxygens (including phenoxy) is 2. The van der Waals surface area contributed by atoms with Crippen molar-refractivity contribution in [3.05, 3.63) is 35.5 Å². The van der Waals surface area contributed by atoms with Gasteiger partial charge in [-0.2, -0.15) is 4.98 Å². The highest BCUT2D eigenvalue weighted by atomic mass is 35.5. The summed E-state index contributed by atoms with van der Waals surface area (Å²) in [6, 6.07) is 2.00. The first-order valence-electron chi connectivity index (χ1n) is 5.60. The molecule has 2 aromatic rings. The molecule has 2 aromatic heterocycles. The van der Waals surface area contributed by atoms with E-state index >= 15 is 0 Å². The van der Waals surface area contributed by atoms with E-state index in [1.54, 1.807) is 25.6 Å². The van der Waals surface area contributed by atoms with Crippen LogP contribution in [0.5, 0.6) is 11.9 Å². The summed E-state index contributed by atoms with van der Waals surface area (Å²) >= 11 is 5.83. The van der Waals surface area contributed by atoms with Crippen molar-refractivity contribution in [3.8, 4) is 11.9 Å². The van der Waals surface area contributed by atoms with Gasteiger partial charge >= 0.3 is 6.01 Å². The third kappa shape index (κ3) is 3.29. The van der Waals surface area contributed by atoms with Crippen LogP contribution in [0.4, 0.5) is 0 Å². The predicted molar refractivity (Wildman–Crippen MR) is 69.2 cm³/mol. The Labute approximate surface area is 115 Å². The molecule has 0 aromatic carbocycles. The molecule has 0 atom stereocenters. The van der Waals surface area contributed by atoms with Gasteiger partial charge < -0.3 is 9.47 Å². The Morgan fingerprint density at radius 3 is 2.58 bits per heavy atom. The largest absolute Gasteiger partial charge is 0.481 e. The van der Waals surface area contributed by atoms with Crippen molar-refractivity contribution < 1.29 is 9.47 Å². The minimum atomic E-state index is 0.170. The summed E-state index contributed by atoms with van der Waals surface area (Å²) in [5, 5.41) is 0. The number of hydrogen-bond donors (Lipinski definition) is 0. The van der Waals surface area contributed by atoms with E-state index in [1.807, 2.05) is 6.92 Å². The molecular formula is C12H13ClN4O2. The molecule has 0 saturated heterocycles. The van der Waals surface area contributed by atoms with Gasteiger partial charge in [0, 0.05) is 18.1 Å². The number of rotatable bonds is 5. The van der Waals surface area contributed by atoms with Crippen LogP contribution in [-0.4, -0.2) is 27.0 Å². The second-order valence-electron chi connectivity index (χ2n) is 3.67. The fourth-order valence-electron chi connectivity index (χ4n) is 1.50. The summed E-state index contributed by atoms with van der Waals surface area (Å²) in [5.41, 5.74) is 1.55. The molecule has 0 amide bonds. The second kappa shape index (κ2) is 6.29. The summed E-state index contributed by atoms with van der Waals surface area (Å²) in [5.74, 6) is 1.27. The number of aryl methyl sites for hydroxylation is 1. The Kier molecular flexibility index (Phi) is 4.46. The molecule has 0 saturated carbocycles. The monoisotopic (exact) mass is 280 g/mol. The molecular weight excluding hydrogens is 268 g/mol. The summed E-state index contributed by atoms with van der Waals surface area (Å²) in [4.78, 5) is 16.5. The molecule has 6 nitrogen and oxygen atoms in total. The number of hydrogen-bond acceptors (Lipinski definition) is 6. The zero-order valence-corrected chi connectivity index (χ0v) is 11.4. The fraction of sp³-hybridized carbons (Fsp3) is 0.333. The van der Waals surface area contributed by atoms with Crippen molar-refractivity contribution in [1.29, 1.82) is 0 Å². The highest BCUT2D eigenvalue weighted by molar-refractivity contribution is 6.17. The highest BCUT2D eigenvalue weighted by Gasteiger charge is 2.12. The zero-order valence-electron chi connectivity index (χ0n) is 10.6. The second-order valence-corrected chi connectivity index (χ2v) is 3.93. The number of methoxy groups -OCH3 is 1. The molecule has 0 aliphatic heterocycles. The van der Waals surface area contributed by atoms with Gasteiger partial charge in [0.25, 0.3) is 0 Å². The van der Waals surface area contributed by atoms with Gasteiger partial charge in [0.05, 0.1) is 18.6 Å². The standard InChI is InChI=1S/C12H13ClN4O2/c1-8-9(6-13)11(18-2)17-10(16-8)7-19-12-14-4-3-5-15-12/h3-5H,6-7H2,1-2H3. The number of halogens is 1. The maximum atomic E-state index is 5.83. The lowest BCUT2D eigenvalue weighted by Gasteiger charge is -2.10. The molecule has 2 heterocycles. The minimum Gasteiger partial charge on any atom is -0.481 e. The van der Waals surface area contributed by atoms with Crippen LogP contribution >= 0.6 is 11.6 Å². The molecule has 0 spiro atoms. The highest BCUT2D eigenvalue weighted by Crippen LogP contribution is 2.20. The molecule has 0 N–H and O–H groups in total. The van der Waals surface area contributed by atoms with Gasteiger partial charge in [-0.25, -0.2) is 15.0 Å². The average molecular weight is 281 g/mol. The van der Waals surface area contributed by atoms with E-state index in [0.717, 1.165) is 11.3 Å². The van der Waals surface area contributed by atoms with Crippen LogP contribution in [0.25, 0.3) is 0 Å². The number of nitrogens with zero attached hydrogens (tertiary/aromatic N) is 4. The molecule has 0 unspecified atom stereocenters. The molecule has 0 radical (unpaired) electrons. The Balaban J connectivity index is 2.15. The SMILES string of the molecule is COc1nc(COc2ncccn2)nc(C)c1CCl. The molecule has 100 valence electrons. The maximum Gasteiger partial charge on any atom is 0.316 e. The first-order chi connectivity index (χ1) is 9.24. The van der Waals surface area contributed by atoms with Gasteiger partial charge in [-0.3, -0.25) is 0 Å². The number of aromatic nitrogens is 4. The minimum absolute atomic E-state index is 0.170. The quantitative estimate of drug-likeness (QED) is 0.779. The predicted octanol–water partition coefficient (Wildman–Crippen LogP) is 1.90. The lowest BCUT2D eigenvalue weighted by Crippen LogP contribution is -2.08. The zero-order chi connectivity index (χ0) is 13.7. The van der Waals surface area contributed by atoms with Crippen molar-refractivity contribution in [2.75, 3.05) is 7.11 Å². The molecule has 7 heteroatoms. The number of alkyl halides is 1. The van der Waals surface area contributed by atoms with E-state index in [-0.39, 0.29) is 12.6 Å². The molecule has 19 heavy (non-hydrogen) atoms. The molecule has 0 fully saturated rings. The lowest BCUT2D eigenvalue weighted by molar-refractivity contribution is 0.268. The fourth-order valence-corrected chi connectivity index (χ4v) is 1.81. The molecule has 0 aliphatic rings. The van der Waals surface area contributed by atoms with Gasteiger partial charge in [0.15, 0.2) is 12.4 Å². The molecule has 0 aliphatic carbocycles. The summed E-state index contributed by atoms with van der Waals surface area (Å²) in [7, 11) is 1.54. The third-order valence-electron chi connectivity index (χ3n) is 2.42. The van der Waals surface area contributed by atoms with Crippen molar-refractivity contribution in [2.24, 2.45) is 0 Å². The van der Waals surface area contributed by atoms with Crippen molar-refractivity contribution in [3.63, 3.8) is 0 Å². The molecule has 0 bridgehead atoms. The first-order valence-corrected chi connectivity index (χ1v) is 6.14. The van der Waals surface area contributed by atoms with Gasteiger partial charge in [-0.1, -0.05) is 0 Å². The van der Waals surface area contributed by atoms with Gasteiger partial charge in [0.2, 0.25) is 5.88 Å². The lowest BCUT2D eigenvalue weighted by atomic mass is 10.2. The van der Waals surface area contributed by atoms with E-state index in [4.69, 9.17) is 21.1 Å². The Morgan fingerprint density at radius 2 is 1.95 bits per heavy atom. The summed E-state index contributed by atoms with van der Waals surface area (Å²) < 4.78 is 10.6. The van der Waals surface area contributed by atoms with Crippen LogP contribution in [0.3, 0.4) is 0 Å². The smallest absolute Gasteiger partial charge is 0.316 e. The van der Waals surface area contributed by atoms with Crippen LogP contribution in [0.15, 0.2) is 18.5 Å². The average Bonchev–Trinajstić information content (AvgIpc) is 2.45. The van der Waals surface area contributed by atoms with Crippen LogP contribution < -0.4 is 9.47 Å². The van der Waals surface area contributed by atoms with Gasteiger partial charge in [0.1, 0.15) is 0 Å². The van der Waals surface area contributed by atoms with Crippen molar-refractivity contribution >= 4 is 11.6 Å². The van der Waals surface area contributed by atoms with Crippen molar-refractivity contribution in [2.45, 2.75) is 19.4 Å².